The van der Waals surface area contributed by atoms with E-state index in [-0.39, 0.29) is 23.4 Å². The zero-order valence-corrected chi connectivity index (χ0v) is 9.80. The maximum absolute atomic E-state index is 11.2. The van der Waals surface area contributed by atoms with E-state index in [1.165, 1.54) is 0 Å². The van der Waals surface area contributed by atoms with Gasteiger partial charge in [-0.15, -0.1) is 0 Å². The summed E-state index contributed by atoms with van der Waals surface area (Å²) in [5.41, 5.74) is -1.78. The number of rotatable bonds is 5. The number of amides is 1. The molecule has 0 saturated heterocycles. The Morgan fingerprint density at radius 1 is 1.24 bits per heavy atom. The van der Waals surface area contributed by atoms with E-state index in [4.69, 9.17) is 4.55 Å². The van der Waals surface area contributed by atoms with E-state index >= 15 is 0 Å². The van der Waals surface area contributed by atoms with Crippen LogP contribution in [-0.4, -0.2) is 41.8 Å². The van der Waals surface area contributed by atoms with Crippen molar-refractivity contribution in [2.75, 3.05) is 0 Å². The van der Waals surface area contributed by atoms with Crippen molar-refractivity contribution in [3.63, 3.8) is 0 Å². The lowest BCUT2D eigenvalue weighted by atomic mass is 9.74. The summed E-state index contributed by atoms with van der Waals surface area (Å²) in [4.78, 5) is 32.9. The highest BCUT2D eigenvalue weighted by Gasteiger charge is 2.49. The van der Waals surface area contributed by atoms with Crippen LogP contribution in [0.1, 0.15) is 25.7 Å². The van der Waals surface area contributed by atoms with Gasteiger partial charge in [-0.3, -0.25) is 9.35 Å². The molecule has 1 rings (SSSR count). The molecule has 0 radical (unpaired) electrons. The van der Waals surface area contributed by atoms with Crippen molar-refractivity contribution >= 4 is 29.3 Å². The standard InChI is InChI=1S/C9H13NO6S/c11-5-8-3-1-2-4-9(8,6-12)10(7-13)17(14,15)16/h5-8H,1-4H2,(H,14,15,16). The van der Waals surface area contributed by atoms with E-state index in [9.17, 15) is 22.8 Å². The fourth-order valence-electron chi connectivity index (χ4n) is 2.23. The normalized spacial score (nSPS) is 29.4. The molecule has 1 aliphatic rings. The Balaban J connectivity index is 3.29. The Labute approximate surface area is 98.7 Å². The molecule has 1 amide bonds. The van der Waals surface area contributed by atoms with Gasteiger partial charge in [0.2, 0.25) is 6.41 Å². The van der Waals surface area contributed by atoms with Crippen LogP contribution in [0, 0.1) is 5.92 Å². The molecule has 96 valence electrons. The second kappa shape index (κ2) is 4.92. The van der Waals surface area contributed by atoms with Gasteiger partial charge >= 0.3 is 10.3 Å². The number of hydrogen-bond acceptors (Lipinski definition) is 5. The highest BCUT2D eigenvalue weighted by Crippen LogP contribution is 2.36. The topological polar surface area (TPSA) is 109 Å². The summed E-state index contributed by atoms with van der Waals surface area (Å²) in [6, 6.07) is 0. The molecule has 1 saturated carbocycles. The summed E-state index contributed by atoms with van der Waals surface area (Å²) >= 11 is 0. The first-order valence-corrected chi connectivity index (χ1v) is 6.46. The SMILES string of the molecule is O=CC1CCCCC1(C=O)N(C=O)S(=O)(=O)O. The first kappa shape index (κ1) is 13.8. The van der Waals surface area contributed by atoms with Gasteiger partial charge in [-0.1, -0.05) is 12.8 Å². The van der Waals surface area contributed by atoms with E-state index in [2.05, 4.69) is 0 Å². The minimum Gasteiger partial charge on any atom is -0.303 e. The van der Waals surface area contributed by atoms with Crippen LogP contribution >= 0.6 is 0 Å². The molecule has 7 nitrogen and oxygen atoms in total. The Morgan fingerprint density at radius 2 is 1.88 bits per heavy atom. The fraction of sp³-hybridized carbons (Fsp3) is 0.667. The average molecular weight is 263 g/mol. The summed E-state index contributed by atoms with van der Waals surface area (Å²) in [5.74, 6) is -0.916. The van der Waals surface area contributed by atoms with Gasteiger partial charge in [0, 0.05) is 5.92 Å². The molecular formula is C9H13NO6S. The van der Waals surface area contributed by atoms with Crippen molar-refractivity contribution in [3.05, 3.63) is 0 Å². The predicted octanol–water partition coefficient (Wildman–Crippen LogP) is -0.426. The average Bonchev–Trinajstić information content (AvgIpc) is 2.28. The molecular weight excluding hydrogens is 250 g/mol. The van der Waals surface area contributed by atoms with Crippen molar-refractivity contribution in [1.29, 1.82) is 0 Å². The quantitative estimate of drug-likeness (QED) is 0.532. The second-order valence-electron chi connectivity index (χ2n) is 3.98. The van der Waals surface area contributed by atoms with Crippen molar-refractivity contribution in [1.82, 2.24) is 4.31 Å². The van der Waals surface area contributed by atoms with Crippen LogP contribution in [0.4, 0.5) is 0 Å². The molecule has 0 aromatic rings. The summed E-state index contributed by atoms with van der Waals surface area (Å²) in [6.07, 6.45) is 2.09. The lowest BCUT2D eigenvalue weighted by Crippen LogP contribution is -2.58. The van der Waals surface area contributed by atoms with E-state index in [1.807, 2.05) is 0 Å². The van der Waals surface area contributed by atoms with E-state index in [0.717, 1.165) is 0 Å². The van der Waals surface area contributed by atoms with Crippen LogP contribution in [0.2, 0.25) is 0 Å². The Bertz CT molecular complexity index is 419. The smallest absolute Gasteiger partial charge is 0.303 e. The van der Waals surface area contributed by atoms with Gasteiger partial charge in [0.1, 0.15) is 18.1 Å². The molecule has 1 aliphatic carbocycles. The molecule has 0 spiro atoms. The third-order valence-corrected chi connectivity index (χ3v) is 4.03. The lowest BCUT2D eigenvalue weighted by molar-refractivity contribution is -0.134. The van der Waals surface area contributed by atoms with Crippen LogP contribution in [-0.2, 0) is 24.7 Å². The summed E-state index contributed by atoms with van der Waals surface area (Å²) in [7, 11) is -4.85. The van der Waals surface area contributed by atoms with Crippen LogP contribution in [0.25, 0.3) is 0 Å². The van der Waals surface area contributed by atoms with E-state index in [0.29, 0.717) is 25.5 Å². The molecule has 0 bridgehead atoms. The van der Waals surface area contributed by atoms with Crippen LogP contribution in [0.15, 0.2) is 0 Å². The molecule has 2 unspecified atom stereocenters. The third-order valence-electron chi connectivity index (χ3n) is 3.11. The molecule has 0 aliphatic heterocycles. The monoisotopic (exact) mass is 263 g/mol. The van der Waals surface area contributed by atoms with E-state index in [1.54, 1.807) is 0 Å². The Kier molecular flexibility index (Phi) is 3.99. The number of carbonyl (C=O) groups excluding carboxylic acids is 3. The van der Waals surface area contributed by atoms with Crippen LogP contribution in [0.5, 0.6) is 0 Å². The van der Waals surface area contributed by atoms with Gasteiger partial charge in [0.05, 0.1) is 0 Å². The highest BCUT2D eigenvalue weighted by atomic mass is 32.2. The molecule has 1 N–H and O–H groups in total. The Hall–Kier alpha value is -1.28. The molecule has 17 heavy (non-hydrogen) atoms. The lowest BCUT2D eigenvalue weighted by Gasteiger charge is -2.41. The predicted molar refractivity (Wildman–Crippen MR) is 56.3 cm³/mol. The number of aldehydes is 2. The first-order valence-electron chi connectivity index (χ1n) is 5.06. The summed E-state index contributed by atoms with van der Waals surface area (Å²) in [5, 5.41) is 0. The molecule has 8 heteroatoms. The van der Waals surface area contributed by atoms with Crippen molar-refractivity contribution in [2.24, 2.45) is 5.92 Å². The number of nitrogens with zero attached hydrogens (tertiary/aromatic N) is 1. The zero-order valence-electron chi connectivity index (χ0n) is 8.98. The van der Waals surface area contributed by atoms with Crippen molar-refractivity contribution in [3.8, 4) is 0 Å². The minimum atomic E-state index is -4.85. The third kappa shape index (κ3) is 2.37. The van der Waals surface area contributed by atoms with Gasteiger partial charge in [-0.2, -0.15) is 8.42 Å². The number of carbonyl (C=O) groups is 3. The van der Waals surface area contributed by atoms with E-state index < -0.39 is 21.8 Å². The maximum atomic E-state index is 11.2. The van der Waals surface area contributed by atoms with Gasteiger partial charge in [0.25, 0.3) is 0 Å². The fourth-order valence-corrected chi connectivity index (χ4v) is 3.04. The second-order valence-corrected chi connectivity index (χ2v) is 5.27. The maximum Gasteiger partial charge on any atom is 0.362 e. The highest BCUT2D eigenvalue weighted by molar-refractivity contribution is 7.84. The largest absolute Gasteiger partial charge is 0.362 e. The molecule has 1 fully saturated rings. The summed E-state index contributed by atoms with van der Waals surface area (Å²) in [6.45, 7) is 0. The van der Waals surface area contributed by atoms with Crippen LogP contribution < -0.4 is 0 Å². The first-order chi connectivity index (χ1) is 7.92. The Morgan fingerprint density at radius 3 is 2.29 bits per heavy atom. The van der Waals surface area contributed by atoms with Crippen LogP contribution in [0.3, 0.4) is 0 Å². The van der Waals surface area contributed by atoms with Gasteiger partial charge < -0.3 is 9.59 Å². The molecule has 0 aromatic carbocycles. The molecule has 0 aromatic heterocycles. The van der Waals surface area contributed by atoms with Crippen molar-refractivity contribution in [2.45, 2.75) is 31.2 Å². The zero-order chi connectivity index (χ0) is 13.1. The molecule has 2 atom stereocenters. The minimum absolute atomic E-state index is 0.0401. The van der Waals surface area contributed by atoms with Gasteiger partial charge in [-0.05, 0) is 12.8 Å². The van der Waals surface area contributed by atoms with Crippen molar-refractivity contribution < 1.29 is 27.4 Å². The number of hydrogen-bond donors (Lipinski definition) is 1. The summed E-state index contributed by atoms with van der Waals surface area (Å²) < 4.78 is 31.1. The molecule has 0 heterocycles. The van der Waals surface area contributed by atoms with Gasteiger partial charge in [0.15, 0.2) is 0 Å². The van der Waals surface area contributed by atoms with Gasteiger partial charge in [-0.25, -0.2) is 4.31 Å².